The van der Waals surface area contributed by atoms with Gasteiger partial charge in [-0.15, -0.1) is 0 Å². The summed E-state index contributed by atoms with van der Waals surface area (Å²) in [6.07, 6.45) is -3.94. The average Bonchev–Trinajstić information content (AvgIpc) is 2.37. The molecule has 0 heterocycles. The van der Waals surface area contributed by atoms with Crippen LogP contribution in [0.4, 0.5) is 17.6 Å². The number of hydrogen-bond acceptors (Lipinski definition) is 3. The second kappa shape index (κ2) is 6.06. The van der Waals surface area contributed by atoms with Crippen molar-refractivity contribution >= 4 is 10.0 Å². The lowest BCUT2D eigenvalue weighted by Gasteiger charge is -2.16. The van der Waals surface area contributed by atoms with Crippen LogP contribution in [0.2, 0.25) is 0 Å². The minimum atomic E-state index is -4.42. The van der Waals surface area contributed by atoms with E-state index in [4.69, 9.17) is 5.73 Å². The lowest BCUT2D eigenvalue weighted by Crippen LogP contribution is -2.41. The molecule has 0 aromatic heterocycles. The number of nitrogens with one attached hydrogen (secondary N) is 1. The maximum absolute atomic E-state index is 12.7. The van der Waals surface area contributed by atoms with E-state index in [1.165, 1.54) is 22.9 Å². The molecule has 0 saturated carbocycles. The second-order valence-corrected chi connectivity index (χ2v) is 5.95. The smallest absolute Gasteiger partial charge is 0.320 e. The van der Waals surface area contributed by atoms with Crippen molar-refractivity contribution in [3.63, 3.8) is 0 Å². The molecule has 0 radical (unpaired) electrons. The molecule has 0 aliphatic carbocycles. The largest absolute Gasteiger partial charge is 0.326 e. The van der Waals surface area contributed by atoms with E-state index in [0.717, 1.165) is 5.56 Å². The van der Waals surface area contributed by atoms with E-state index in [9.17, 15) is 26.0 Å². The lowest BCUT2D eigenvalue weighted by atomic mass is 10.1. The minimum Gasteiger partial charge on any atom is -0.326 e. The molecule has 1 rings (SSSR count). The summed E-state index contributed by atoms with van der Waals surface area (Å²) < 4.78 is 74.3. The van der Waals surface area contributed by atoms with Crippen molar-refractivity contribution in [2.24, 2.45) is 5.73 Å². The van der Waals surface area contributed by atoms with Crippen LogP contribution in [0.5, 0.6) is 0 Å². The summed E-state index contributed by atoms with van der Waals surface area (Å²) in [7, 11) is -4.30. The van der Waals surface area contributed by atoms with Crippen molar-refractivity contribution in [2.45, 2.75) is 30.7 Å². The number of rotatable bonds is 6. The standard InChI is InChI=1S/C11H14F4N2O2S/c1-7-2-3-9(4-8(7)5-16)20(18,19)17-6-11(14,15)10(12)13/h2-4,10,17H,5-6,16H2,1H3. The quantitative estimate of drug-likeness (QED) is 0.784. The number of hydrogen-bond donors (Lipinski definition) is 2. The van der Waals surface area contributed by atoms with Crippen LogP contribution in [0.3, 0.4) is 0 Å². The fourth-order valence-corrected chi connectivity index (χ4v) is 2.48. The Kier molecular flexibility index (Phi) is 5.11. The summed E-state index contributed by atoms with van der Waals surface area (Å²) in [4.78, 5) is -0.298. The van der Waals surface area contributed by atoms with Gasteiger partial charge in [0.05, 0.1) is 11.4 Å². The van der Waals surface area contributed by atoms with Crippen molar-refractivity contribution < 1.29 is 26.0 Å². The van der Waals surface area contributed by atoms with Crippen molar-refractivity contribution in [2.75, 3.05) is 6.54 Å². The molecule has 0 atom stereocenters. The average molecular weight is 314 g/mol. The molecule has 4 nitrogen and oxygen atoms in total. The Morgan fingerprint density at radius 2 is 1.95 bits per heavy atom. The summed E-state index contributed by atoms with van der Waals surface area (Å²) in [5.74, 6) is -4.42. The first-order valence-corrected chi connectivity index (χ1v) is 7.03. The highest BCUT2D eigenvalue weighted by atomic mass is 32.2. The normalized spacial score (nSPS) is 12.9. The molecule has 0 aliphatic heterocycles. The van der Waals surface area contributed by atoms with Gasteiger partial charge in [0, 0.05) is 6.54 Å². The topological polar surface area (TPSA) is 72.2 Å². The molecule has 0 saturated heterocycles. The van der Waals surface area contributed by atoms with Crippen LogP contribution in [-0.4, -0.2) is 27.3 Å². The lowest BCUT2D eigenvalue weighted by molar-refractivity contribution is -0.122. The Morgan fingerprint density at radius 1 is 1.35 bits per heavy atom. The van der Waals surface area contributed by atoms with Gasteiger partial charge in [0.25, 0.3) is 0 Å². The van der Waals surface area contributed by atoms with Crippen LogP contribution < -0.4 is 10.5 Å². The number of benzene rings is 1. The molecule has 0 bridgehead atoms. The van der Waals surface area contributed by atoms with Crippen LogP contribution in [0.1, 0.15) is 11.1 Å². The van der Waals surface area contributed by atoms with Crippen LogP contribution in [0, 0.1) is 6.92 Å². The predicted octanol–water partition coefficient (Wildman–Crippen LogP) is 1.63. The second-order valence-electron chi connectivity index (χ2n) is 4.18. The van der Waals surface area contributed by atoms with E-state index >= 15 is 0 Å². The van der Waals surface area contributed by atoms with Gasteiger partial charge in [0.15, 0.2) is 0 Å². The fraction of sp³-hybridized carbons (Fsp3) is 0.455. The molecule has 0 aliphatic rings. The molecule has 0 fully saturated rings. The van der Waals surface area contributed by atoms with Gasteiger partial charge in [0.2, 0.25) is 10.0 Å². The number of nitrogens with two attached hydrogens (primary N) is 1. The van der Waals surface area contributed by atoms with Gasteiger partial charge in [-0.3, -0.25) is 0 Å². The highest BCUT2D eigenvalue weighted by molar-refractivity contribution is 7.89. The molecule has 3 N–H and O–H groups in total. The fourth-order valence-electron chi connectivity index (χ4n) is 1.39. The molecule has 0 unspecified atom stereocenters. The monoisotopic (exact) mass is 314 g/mol. The Labute approximate surface area is 114 Å². The first-order chi connectivity index (χ1) is 9.10. The third-order valence-electron chi connectivity index (χ3n) is 2.67. The molecule has 0 amide bonds. The van der Waals surface area contributed by atoms with Crippen molar-refractivity contribution in [1.29, 1.82) is 0 Å². The molecule has 1 aromatic carbocycles. The van der Waals surface area contributed by atoms with Crippen LogP contribution in [0.25, 0.3) is 0 Å². The van der Waals surface area contributed by atoms with Gasteiger partial charge in [-0.2, -0.15) is 8.78 Å². The first kappa shape index (κ1) is 16.9. The van der Waals surface area contributed by atoms with Gasteiger partial charge in [-0.1, -0.05) is 6.07 Å². The summed E-state index contributed by atoms with van der Waals surface area (Å²) >= 11 is 0. The maximum atomic E-state index is 12.7. The summed E-state index contributed by atoms with van der Waals surface area (Å²) in [5.41, 5.74) is 6.67. The zero-order valence-electron chi connectivity index (χ0n) is 10.5. The highest BCUT2D eigenvalue weighted by Gasteiger charge is 2.41. The van der Waals surface area contributed by atoms with Gasteiger partial charge >= 0.3 is 12.3 Å². The van der Waals surface area contributed by atoms with E-state index in [1.807, 2.05) is 0 Å². The molecule has 0 spiro atoms. The third-order valence-corrected chi connectivity index (χ3v) is 4.07. The van der Waals surface area contributed by atoms with E-state index in [-0.39, 0.29) is 11.4 Å². The molecular weight excluding hydrogens is 300 g/mol. The Bertz CT molecular complexity index is 576. The van der Waals surface area contributed by atoms with E-state index in [0.29, 0.717) is 5.56 Å². The van der Waals surface area contributed by atoms with Crippen LogP contribution >= 0.6 is 0 Å². The third kappa shape index (κ3) is 3.90. The predicted molar refractivity (Wildman–Crippen MR) is 65.2 cm³/mol. The summed E-state index contributed by atoms with van der Waals surface area (Å²) in [6.45, 7) is 0.109. The number of aryl methyl sites for hydroxylation is 1. The van der Waals surface area contributed by atoms with Gasteiger partial charge in [-0.05, 0) is 30.2 Å². The number of alkyl halides is 4. The maximum Gasteiger partial charge on any atom is 0.320 e. The Balaban J connectivity index is 2.95. The number of sulfonamides is 1. The van der Waals surface area contributed by atoms with Gasteiger partial charge < -0.3 is 5.73 Å². The Hall–Kier alpha value is -1.19. The van der Waals surface area contributed by atoms with Crippen LogP contribution in [0.15, 0.2) is 23.1 Å². The van der Waals surface area contributed by atoms with Gasteiger partial charge in [0.1, 0.15) is 0 Å². The molecule has 9 heteroatoms. The molecule has 1 aromatic rings. The van der Waals surface area contributed by atoms with E-state index in [1.54, 1.807) is 6.92 Å². The van der Waals surface area contributed by atoms with Gasteiger partial charge in [-0.25, -0.2) is 21.9 Å². The SMILES string of the molecule is Cc1ccc(S(=O)(=O)NCC(F)(F)C(F)F)cc1CN. The van der Waals surface area contributed by atoms with E-state index in [2.05, 4.69) is 0 Å². The van der Waals surface area contributed by atoms with E-state index < -0.39 is 28.9 Å². The van der Waals surface area contributed by atoms with Crippen LogP contribution in [-0.2, 0) is 16.6 Å². The highest BCUT2D eigenvalue weighted by Crippen LogP contribution is 2.23. The zero-order valence-corrected chi connectivity index (χ0v) is 11.4. The van der Waals surface area contributed by atoms with Crippen molar-refractivity contribution in [1.82, 2.24) is 4.72 Å². The zero-order chi connectivity index (χ0) is 15.6. The Morgan fingerprint density at radius 3 is 2.45 bits per heavy atom. The molecule has 114 valence electrons. The van der Waals surface area contributed by atoms with Crippen molar-refractivity contribution in [3.05, 3.63) is 29.3 Å². The number of halogens is 4. The first-order valence-electron chi connectivity index (χ1n) is 5.55. The van der Waals surface area contributed by atoms with Crippen molar-refractivity contribution in [3.8, 4) is 0 Å². The molecule has 20 heavy (non-hydrogen) atoms. The minimum absolute atomic E-state index is 0.0718. The molecular formula is C11H14F4N2O2S. The summed E-state index contributed by atoms with van der Waals surface area (Å²) in [5, 5.41) is 0. The summed E-state index contributed by atoms with van der Waals surface area (Å²) in [6, 6.07) is 3.87.